The van der Waals surface area contributed by atoms with Crippen molar-refractivity contribution in [3.05, 3.63) is 0 Å². The lowest BCUT2D eigenvalue weighted by Crippen LogP contribution is -2.51. The van der Waals surface area contributed by atoms with Crippen molar-refractivity contribution in [3.63, 3.8) is 0 Å². The largest absolute Gasteiger partial charge is 0.380 e. The van der Waals surface area contributed by atoms with Gasteiger partial charge in [0.1, 0.15) is 0 Å². The van der Waals surface area contributed by atoms with Crippen molar-refractivity contribution in [2.75, 3.05) is 39.4 Å². The molecule has 2 fully saturated rings. The first-order chi connectivity index (χ1) is 6.70. The average Bonchev–Trinajstić information content (AvgIpc) is 2.17. The molecule has 2 aliphatic rings. The van der Waals surface area contributed by atoms with Gasteiger partial charge in [0.15, 0.2) is 0 Å². The van der Waals surface area contributed by atoms with E-state index < -0.39 is 0 Å². The van der Waals surface area contributed by atoms with E-state index in [0.717, 1.165) is 26.3 Å². The van der Waals surface area contributed by atoms with Crippen LogP contribution >= 0.6 is 0 Å². The Morgan fingerprint density at radius 3 is 2.50 bits per heavy atom. The van der Waals surface area contributed by atoms with Crippen LogP contribution in [0.25, 0.3) is 0 Å². The van der Waals surface area contributed by atoms with Gasteiger partial charge in [0.2, 0.25) is 0 Å². The zero-order chi connectivity index (χ0) is 10.0. The highest BCUT2D eigenvalue weighted by Gasteiger charge is 2.36. The fourth-order valence-electron chi connectivity index (χ4n) is 2.53. The average molecular weight is 198 g/mol. The van der Waals surface area contributed by atoms with Crippen molar-refractivity contribution >= 4 is 0 Å². The van der Waals surface area contributed by atoms with Gasteiger partial charge in [-0.05, 0) is 13.3 Å². The SMILES string of the molecule is CC(CC1(C)COC1)N1CCNCC1. The molecule has 1 unspecified atom stereocenters. The van der Waals surface area contributed by atoms with Crippen LogP contribution in [0.1, 0.15) is 20.3 Å². The molecule has 82 valence electrons. The molecule has 0 amide bonds. The quantitative estimate of drug-likeness (QED) is 0.723. The second-order valence-corrected chi connectivity index (χ2v) is 5.14. The van der Waals surface area contributed by atoms with Gasteiger partial charge in [-0.1, -0.05) is 6.92 Å². The van der Waals surface area contributed by atoms with Crippen LogP contribution in [0.4, 0.5) is 0 Å². The minimum Gasteiger partial charge on any atom is -0.380 e. The highest BCUT2D eigenvalue weighted by Crippen LogP contribution is 2.33. The maximum absolute atomic E-state index is 5.30. The molecular formula is C11H22N2O. The van der Waals surface area contributed by atoms with Crippen molar-refractivity contribution in [1.82, 2.24) is 10.2 Å². The summed E-state index contributed by atoms with van der Waals surface area (Å²) in [7, 11) is 0. The molecule has 2 heterocycles. The first-order valence-corrected chi connectivity index (χ1v) is 5.72. The Bertz CT molecular complexity index is 186. The molecule has 0 aromatic carbocycles. The molecule has 0 spiro atoms. The van der Waals surface area contributed by atoms with E-state index in [1.54, 1.807) is 0 Å². The molecule has 0 radical (unpaired) electrons. The maximum Gasteiger partial charge on any atom is 0.0542 e. The van der Waals surface area contributed by atoms with Crippen LogP contribution in [0.5, 0.6) is 0 Å². The molecule has 2 aliphatic heterocycles. The summed E-state index contributed by atoms with van der Waals surface area (Å²) >= 11 is 0. The van der Waals surface area contributed by atoms with E-state index in [0.29, 0.717) is 11.5 Å². The van der Waals surface area contributed by atoms with E-state index >= 15 is 0 Å². The van der Waals surface area contributed by atoms with E-state index in [2.05, 4.69) is 24.1 Å². The number of rotatable bonds is 3. The highest BCUT2D eigenvalue weighted by atomic mass is 16.5. The fraction of sp³-hybridized carbons (Fsp3) is 1.00. The molecule has 0 aliphatic carbocycles. The van der Waals surface area contributed by atoms with Gasteiger partial charge >= 0.3 is 0 Å². The summed E-state index contributed by atoms with van der Waals surface area (Å²) in [6.07, 6.45) is 1.28. The Morgan fingerprint density at radius 1 is 1.36 bits per heavy atom. The standard InChI is InChI=1S/C11H22N2O/c1-10(7-11(2)8-14-9-11)13-5-3-12-4-6-13/h10,12H,3-9H2,1-2H3. The van der Waals surface area contributed by atoms with E-state index in [1.165, 1.54) is 19.5 Å². The molecule has 3 heteroatoms. The van der Waals surface area contributed by atoms with Crippen molar-refractivity contribution in [2.24, 2.45) is 5.41 Å². The third kappa shape index (κ3) is 2.27. The second kappa shape index (κ2) is 4.17. The van der Waals surface area contributed by atoms with Crippen LogP contribution in [0.3, 0.4) is 0 Å². The Labute approximate surface area is 86.8 Å². The normalized spacial score (nSPS) is 29.6. The molecule has 0 bridgehead atoms. The number of ether oxygens (including phenoxy) is 1. The van der Waals surface area contributed by atoms with E-state index in [4.69, 9.17) is 4.74 Å². The summed E-state index contributed by atoms with van der Waals surface area (Å²) < 4.78 is 5.30. The summed E-state index contributed by atoms with van der Waals surface area (Å²) in [4.78, 5) is 2.60. The molecule has 2 rings (SSSR count). The van der Waals surface area contributed by atoms with Crippen LogP contribution in [-0.2, 0) is 4.74 Å². The van der Waals surface area contributed by atoms with Crippen LogP contribution in [0.15, 0.2) is 0 Å². The number of nitrogens with one attached hydrogen (secondary N) is 1. The first-order valence-electron chi connectivity index (χ1n) is 5.72. The van der Waals surface area contributed by atoms with Crippen molar-refractivity contribution in [3.8, 4) is 0 Å². The minimum absolute atomic E-state index is 0.463. The number of piperazine rings is 1. The van der Waals surface area contributed by atoms with Gasteiger partial charge in [-0.15, -0.1) is 0 Å². The summed E-state index contributed by atoms with van der Waals surface area (Å²) in [5.74, 6) is 0. The van der Waals surface area contributed by atoms with Crippen LogP contribution in [-0.4, -0.2) is 50.3 Å². The molecule has 14 heavy (non-hydrogen) atoms. The molecule has 0 saturated carbocycles. The lowest BCUT2D eigenvalue weighted by Gasteiger charge is -2.43. The fourth-order valence-corrected chi connectivity index (χ4v) is 2.53. The molecular weight excluding hydrogens is 176 g/mol. The van der Waals surface area contributed by atoms with Gasteiger partial charge in [0.05, 0.1) is 13.2 Å². The van der Waals surface area contributed by atoms with E-state index in [9.17, 15) is 0 Å². The Kier molecular flexibility index (Phi) is 3.10. The second-order valence-electron chi connectivity index (χ2n) is 5.14. The van der Waals surface area contributed by atoms with Crippen LogP contribution in [0, 0.1) is 5.41 Å². The number of hydrogen-bond acceptors (Lipinski definition) is 3. The van der Waals surface area contributed by atoms with E-state index in [1.807, 2.05) is 0 Å². The van der Waals surface area contributed by atoms with Gasteiger partial charge < -0.3 is 10.1 Å². The minimum atomic E-state index is 0.463. The first kappa shape index (κ1) is 10.4. The summed E-state index contributed by atoms with van der Waals surface area (Å²) in [5.41, 5.74) is 0.463. The smallest absolute Gasteiger partial charge is 0.0542 e. The topological polar surface area (TPSA) is 24.5 Å². The Balaban J connectivity index is 1.78. The molecule has 0 aromatic rings. The highest BCUT2D eigenvalue weighted by molar-refractivity contribution is 4.86. The van der Waals surface area contributed by atoms with Crippen molar-refractivity contribution in [2.45, 2.75) is 26.3 Å². The Hall–Kier alpha value is -0.120. The van der Waals surface area contributed by atoms with Gasteiger partial charge in [0.25, 0.3) is 0 Å². The molecule has 2 saturated heterocycles. The zero-order valence-corrected chi connectivity index (χ0v) is 9.38. The lowest BCUT2D eigenvalue weighted by molar-refractivity contribution is -0.115. The van der Waals surface area contributed by atoms with E-state index in [-0.39, 0.29) is 0 Å². The number of hydrogen-bond donors (Lipinski definition) is 1. The van der Waals surface area contributed by atoms with Crippen LogP contribution in [0.2, 0.25) is 0 Å². The van der Waals surface area contributed by atoms with Crippen molar-refractivity contribution in [1.29, 1.82) is 0 Å². The summed E-state index contributed by atoms with van der Waals surface area (Å²) in [6, 6.07) is 0.714. The predicted molar refractivity (Wildman–Crippen MR) is 57.4 cm³/mol. The van der Waals surface area contributed by atoms with Crippen LogP contribution < -0.4 is 5.32 Å². The maximum atomic E-state index is 5.30. The molecule has 1 N–H and O–H groups in total. The van der Waals surface area contributed by atoms with Gasteiger partial charge in [-0.2, -0.15) is 0 Å². The molecule has 0 aromatic heterocycles. The third-order valence-corrected chi connectivity index (χ3v) is 3.46. The lowest BCUT2D eigenvalue weighted by atomic mass is 9.82. The molecule has 3 nitrogen and oxygen atoms in total. The van der Waals surface area contributed by atoms with Crippen molar-refractivity contribution < 1.29 is 4.74 Å². The predicted octanol–water partition coefficient (Wildman–Crippen LogP) is 0.707. The van der Waals surface area contributed by atoms with Gasteiger partial charge in [-0.25, -0.2) is 0 Å². The van der Waals surface area contributed by atoms with Gasteiger partial charge in [0, 0.05) is 37.6 Å². The van der Waals surface area contributed by atoms with Gasteiger partial charge in [-0.3, -0.25) is 4.90 Å². The zero-order valence-electron chi connectivity index (χ0n) is 9.38. The monoisotopic (exact) mass is 198 g/mol. The number of nitrogens with zero attached hydrogens (tertiary/aromatic N) is 1. The third-order valence-electron chi connectivity index (χ3n) is 3.46. The summed E-state index contributed by atoms with van der Waals surface area (Å²) in [5, 5.41) is 3.39. The molecule has 1 atom stereocenters. The summed E-state index contributed by atoms with van der Waals surface area (Å²) in [6.45, 7) is 11.3. The Morgan fingerprint density at radius 2 is 2.00 bits per heavy atom.